The van der Waals surface area contributed by atoms with E-state index in [0.29, 0.717) is 25.0 Å². The summed E-state index contributed by atoms with van der Waals surface area (Å²) in [7, 11) is 0. The normalized spacial score (nSPS) is 22.1. The Hall–Kier alpha value is -2.19. The average Bonchev–Trinajstić information content (AvgIpc) is 3.51. The fourth-order valence-electron chi connectivity index (χ4n) is 4.00. The highest BCUT2D eigenvalue weighted by Gasteiger charge is 2.40. The molecule has 0 bridgehead atoms. The summed E-state index contributed by atoms with van der Waals surface area (Å²) < 4.78 is 18.4. The van der Waals surface area contributed by atoms with Gasteiger partial charge in [0.2, 0.25) is 17.6 Å². The van der Waals surface area contributed by atoms with Gasteiger partial charge in [-0.25, -0.2) is 0 Å². The summed E-state index contributed by atoms with van der Waals surface area (Å²) in [5, 5.41) is 12.3. The maximum absolute atomic E-state index is 6.15. The highest BCUT2D eigenvalue weighted by atomic mass is 32.2. The fourth-order valence-corrected chi connectivity index (χ4v) is 5.02. The topological polar surface area (TPSA) is 69.4 Å². The predicted molar refractivity (Wildman–Crippen MR) is 115 cm³/mol. The number of hydrogen-bond acceptors (Lipinski definition) is 7. The molecular weight excluding hydrogens is 398 g/mol. The maximum atomic E-state index is 6.15. The van der Waals surface area contributed by atoms with Crippen molar-refractivity contribution in [3.05, 3.63) is 83.1 Å². The Bertz CT molecular complexity index is 982. The minimum absolute atomic E-state index is 0.0259. The summed E-state index contributed by atoms with van der Waals surface area (Å²) in [6, 6.07) is 18.4. The highest BCUT2D eigenvalue weighted by Crippen LogP contribution is 2.40. The van der Waals surface area contributed by atoms with Crippen molar-refractivity contribution in [3.8, 4) is 0 Å². The SMILES string of the molecule is CC(c1cccc(C2(c3ccccc3)OCCO2)c1)c1nnc(C2CNCCS2)o1. The first-order valence-corrected chi connectivity index (χ1v) is 11.4. The van der Waals surface area contributed by atoms with Crippen molar-refractivity contribution in [2.45, 2.75) is 23.9 Å². The summed E-state index contributed by atoms with van der Waals surface area (Å²) in [4.78, 5) is 0. The van der Waals surface area contributed by atoms with Gasteiger partial charge < -0.3 is 19.2 Å². The Morgan fingerprint density at radius 3 is 2.60 bits per heavy atom. The molecule has 156 valence electrons. The molecule has 2 saturated heterocycles. The Kier molecular flexibility index (Phi) is 5.60. The zero-order valence-corrected chi connectivity index (χ0v) is 17.7. The minimum Gasteiger partial charge on any atom is -0.423 e. The smallest absolute Gasteiger partial charge is 0.230 e. The molecule has 3 heterocycles. The fraction of sp³-hybridized carbons (Fsp3) is 0.391. The number of rotatable bonds is 5. The second-order valence-electron chi connectivity index (χ2n) is 7.57. The first-order chi connectivity index (χ1) is 14.8. The van der Waals surface area contributed by atoms with Crippen LogP contribution >= 0.6 is 11.8 Å². The summed E-state index contributed by atoms with van der Waals surface area (Å²) in [5.41, 5.74) is 3.06. The number of thioether (sulfide) groups is 1. The quantitative estimate of drug-likeness (QED) is 0.668. The van der Waals surface area contributed by atoms with Gasteiger partial charge in [0.1, 0.15) is 0 Å². The Morgan fingerprint density at radius 2 is 1.83 bits per heavy atom. The lowest BCUT2D eigenvalue weighted by Crippen LogP contribution is -2.28. The van der Waals surface area contributed by atoms with Gasteiger partial charge in [-0.1, -0.05) is 48.5 Å². The van der Waals surface area contributed by atoms with Gasteiger partial charge in [0.25, 0.3) is 0 Å². The monoisotopic (exact) mass is 423 g/mol. The first kappa shape index (κ1) is 19.8. The van der Waals surface area contributed by atoms with Crippen LogP contribution in [0.1, 0.15) is 46.6 Å². The van der Waals surface area contributed by atoms with Crippen molar-refractivity contribution in [1.82, 2.24) is 15.5 Å². The summed E-state index contributed by atoms with van der Waals surface area (Å²) in [5.74, 6) is 1.49. The molecule has 6 nitrogen and oxygen atoms in total. The van der Waals surface area contributed by atoms with Gasteiger partial charge in [-0.2, -0.15) is 0 Å². The van der Waals surface area contributed by atoms with Crippen LogP contribution in [-0.2, 0) is 15.3 Å². The molecule has 0 spiro atoms. The molecule has 0 saturated carbocycles. The number of benzene rings is 2. The van der Waals surface area contributed by atoms with Gasteiger partial charge in [-0.15, -0.1) is 22.0 Å². The van der Waals surface area contributed by atoms with Gasteiger partial charge in [0.05, 0.1) is 24.4 Å². The molecular formula is C23H25N3O3S. The molecule has 30 heavy (non-hydrogen) atoms. The molecule has 2 fully saturated rings. The third-order valence-corrected chi connectivity index (χ3v) is 6.85. The zero-order chi connectivity index (χ0) is 20.4. The van der Waals surface area contributed by atoms with Crippen LogP contribution in [0.5, 0.6) is 0 Å². The van der Waals surface area contributed by atoms with Crippen LogP contribution in [0.25, 0.3) is 0 Å². The second kappa shape index (κ2) is 8.51. The van der Waals surface area contributed by atoms with E-state index in [1.807, 2.05) is 48.2 Å². The van der Waals surface area contributed by atoms with E-state index in [1.54, 1.807) is 0 Å². The number of hydrogen-bond donors (Lipinski definition) is 1. The molecule has 1 N–H and O–H groups in total. The molecule has 0 amide bonds. The van der Waals surface area contributed by atoms with E-state index < -0.39 is 5.79 Å². The largest absolute Gasteiger partial charge is 0.423 e. The average molecular weight is 424 g/mol. The van der Waals surface area contributed by atoms with E-state index in [2.05, 4.69) is 40.6 Å². The van der Waals surface area contributed by atoms with Gasteiger partial charge in [-0.05, 0) is 18.6 Å². The molecule has 0 radical (unpaired) electrons. The van der Waals surface area contributed by atoms with Gasteiger partial charge in [0, 0.05) is 30.0 Å². The third-order valence-electron chi connectivity index (χ3n) is 5.64. The minimum atomic E-state index is -0.874. The highest BCUT2D eigenvalue weighted by molar-refractivity contribution is 7.99. The molecule has 7 heteroatoms. The van der Waals surface area contributed by atoms with Crippen molar-refractivity contribution in [2.24, 2.45) is 0 Å². The van der Waals surface area contributed by atoms with Crippen molar-refractivity contribution in [1.29, 1.82) is 0 Å². The molecule has 2 atom stereocenters. The molecule has 5 rings (SSSR count). The summed E-state index contributed by atoms with van der Waals surface area (Å²) in [6.45, 7) is 5.11. The first-order valence-electron chi connectivity index (χ1n) is 10.4. The Labute approximate surface area is 180 Å². The van der Waals surface area contributed by atoms with Crippen LogP contribution in [0.15, 0.2) is 59.0 Å². The van der Waals surface area contributed by atoms with Crippen LogP contribution in [0.4, 0.5) is 0 Å². The van der Waals surface area contributed by atoms with Gasteiger partial charge in [-0.3, -0.25) is 0 Å². The number of aromatic nitrogens is 2. The van der Waals surface area contributed by atoms with E-state index >= 15 is 0 Å². The molecule has 2 aliphatic rings. The second-order valence-corrected chi connectivity index (χ2v) is 8.88. The maximum Gasteiger partial charge on any atom is 0.230 e. The van der Waals surface area contributed by atoms with Crippen molar-refractivity contribution < 1.29 is 13.9 Å². The van der Waals surface area contributed by atoms with Crippen LogP contribution in [0, 0.1) is 0 Å². The molecule has 2 aliphatic heterocycles. The lowest BCUT2D eigenvalue weighted by atomic mass is 9.92. The molecule has 2 unspecified atom stereocenters. The molecule has 3 aromatic rings. The van der Waals surface area contributed by atoms with E-state index in [4.69, 9.17) is 13.9 Å². The molecule has 2 aromatic carbocycles. The van der Waals surface area contributed by atoms with E-state index in [-0.39, 0.29) is 11.2 Å². The zero-order valence-electron chi connectivity index (χ0n) is 16.9. The van der Waals surface area contributed by atoms with Crippen LogP contribution < -0.4 is 5.32 Å². The Morgan fingerprint density at radius 1 is 1.03 bits per heavy atom. The van der Waals surface area contributed by atoms with Gasteiger partial charge in [0.15, 0.2) is 0 Å². The lowest BCUT2D eigenvalue weighted by Gasteiger charge is -2.29. The van der Waals surface area contributed by atoms with E-state index in [0.717, 1.165) is 35.5 Å². The predicted octanol–water partition coefficient (Wildman–Crippen LogP) is 3.85. The lowest BCUT2D eigenvalue weighted by molar-refractivity contribution is -0.129. The third kappa shape index (κ3) is 3.67. The van der Waals surface area contributed by atoms with Crippen LogP contribution in [-0.4, -0.2) is 42.3 Å². The summed E-state index contributed by atoms with van der Waals surface area (Å²) >= 11 is 1.86. The van der Waals surface area contributed by atoms with Crippen LogP contribution in [0.3, 0.4) is 0 Å². The van der Waals surface area contributed by atoms with E-state index in [1.165, 1.54) is 0 Å². The molecule has 0 aliphatic carbocycles. The van der Waals surface area contributed by atoms with Crippen molar-refractivity contribution in [2.75, 3.05) is 32.1 Å². The Balaban J connectivity index is 1.44. The standard InChI is InChI=1S/C23H25N3O3S/c1-16(21-25-26-22(29-21)20-15-24-10-13-30-20)17-6-5-9-19(14-17)23(27-11-12-28-23)18-7-3-2-4-8-18/h2-9,14,16,20,24H,10-13,15H2,1H3. The van der Waals surface area contributed by atoms with Crippen molar-refractivity contribution >= 4 is 11.8 Å². The number of nitrogens with zero attached hydrogens (tertiary/aromatic N) is 2. The molecule has 1 aromatic heterocycles. The van der Waals surface area contributed by atoms with E-state index in [9.17, 15) is 0 Å². The van der Waals surface area contributed by atoms with Gasteiger partial charge >= 0.3 is 0 Å². The number of nitrogens with one attached hydrogen (secondary N) is 1. The number of ether oxygens (including phenoxy) is 2. The summed E-state index contributed by atoms with van der Waals surface area (Å²) in [6.07, 6.45) is 0. The van der Waals surface area contributed by atoms with Crippen molar-refractivity contribution in [3.63, 3.8) is 0 Å². The van der Waals surface area contributed by atoms with Crippen LogP contribution in [0.2, 0.25) is 0 Å².